The SMILES string of the molecule is CC(=O)c1c(O[C@@H]2O[C@H](CO)[C@@H](O)[C@H](O)[C@H]2O)ccc2c1oc(=O)c1c3c(ccc12)OCO3. The summed E-state index contributed by atoms with van der Waals surface area (Å²) in [5, 5.41) is 40.7. The summed E-state index contributed by atoms with van der Waals surface area (Å²) in [5.74, 6) is 0.0867. The summed E-state index contributed by atoms with van der Waals surface area (Å²) in [6.45, 7) is 0.578. The lowest BCUT2D eigenvalue weighted by molar-refractivity contribution is -0.277. The van der Waals surface area contributed by atoms with Crippen molar-refractivity contribution in [3.8, 4) is 17.2 Å². The number of benzene rings is 2. The van der Waals surface area contributed by atoms with Crippen LogP contribution in [0.4, 0.5) is 0 Å². The van der Waals surface area contributed by atoms with Gasteiger partial charge in [0.1, 0.15) is 41.1 Å². The fraction of sp³-hybridized carbons (Fsp3) is 0.364. The highest BCUT2D eigenvalue weighted by molar-refractivity contribution is 6.15. The van der Waals surface area contributed by atoms with Crippen LogP contribution in [0.5, 0.6) is 17.2 Å². The molecule has 11 nitrogen and oxygen atoms in total. The first-order valence-corrected chi connectivity index (χ1v) is 10.1. The maximum Gasteiger partial charge on any atom is 0.348 e. The highest BCUT2D eigenvalue weighted by atomic mass is 16.7. The van der Waals surface area contributed by atoms with E-state index in [1.165, 1.54) is 13.0 Å². The Bertz CT molecular complexity index is 1310. The van der Waals surface area contributed by atoms with E-state index in [1.54, 1.807) is 18.2 Å². The summed E-state index contributed by atoms with van der Waals surface area (Å²) in [6, 6.07) is 6.30. The number of ketones is 1. The number of aliphatic hydroxyl groups excluding tert-OH is 4. The number of rotatable bonds is 4. The van der Waals surface area contributed by atoms with E-state index in [9.17, 15) is 30.0 Å². The number of hydrogen-bond donors (Lipinski definition) is 4. The van der Waals surface area contributed by atoms with Crippen LogP contribution in [0.2, 0.25) is 0 Å². The van der Waals surface area contributed by atoms with E-state index in [0.29, 0.717) is 16.5 Å². The molecule has 5 rings (SSSR count). The summed E-state index contributed by atoms with van der Waals surface area (Å²) in [7, 11) is 0. The molecule has 2 aliphatic heterocycles. The topological polar surface area (TPSA) is 165 Å². The number of carbonyl (C=O) groups excluding carboxylic acids is 1. The van der Waals surface area contributed by atoms with Crippen molar-refractivity contribution in [1.29, 1.82) is 0 Å². The molecule has 0 aliphatic carbocycles. The van der Waals surface area contributed by atoms with E-state index < -0.39 is 48.7 Å². The number of carbonyl (C=O) groups is 1. The highest BCUT2D eigenvalue weighted by Gasteiger charge is 2.45. The van der Waals surface area contributed by atoms with Gasteiger partial charge in [-0.1, -0.05) is 0 Å². The van der Waals surface area contributed by atoms with Gasteiger partial charge in [0.05, 0.1) is 6.61 Å². The lowest BCUT2D eigenvalue weighted by Crippen LogP contribution is -2.60. The molecule has 3 heterocycles. The predicted molar refractivity (Wildman–Crippen MR) is 111 cm³/mol. The van der Waals surface area contributed by atoms with Gasteiger partial charge < -0.3 is 43.8 Å². The van der Waals surface area contributed by atoms with Gasteiger partial charge in [-0.05, 0) is 31.2 Å². The Labute approximate surface area is 185 Å². The first-order chi connectivity index (χ1) is 15.8. The summed E-state index contributed by atoms with van der Waals surface area (Å²) in [4.78, 5) is 25.4. The number of fused-ring (bicyclic) bond motifs is 5. The molecular formula is C22H20O11. The van der Waals surface area contributed by atoms with E-state index in [2.05, 4.69) is 0 Å². The van der Waals surface area contributed by atoms with Gasteiger partial charge in [-0.2, -0.15) is 0 Å². The third-order valence-corrected chi connectivity index (χ3v) is 5.79. The first-order valence-electron chi connectivity index (χ1n) is 10.1. The Hall–Kier alpha value is -3.22. The van der Waals surface area contributed by atoms with Crippen molar-refractivity contribution in [2.24, 2.45) is 0 Å². The van der Waals surface area contributed by atoms with Crippen molar-refractivity contribution < 1.29 is 48.6 Å². The van der Waals surface area contributed by atoms with E-state index in [-0.39, 0.29) is 34.8 Å². The van der Waals surface area contributed by atoms with Crippen molar-refractivity contribution in [1.82, 2.24) is 0 Å². The Morgan fingerprint density at radius 1 is 1.06 bits per heavy atom. The molecule has 1 aromatic heterocycles. The van der Waals surface area contributed by atoms with Crippen LogP contribution in [0.25, 0.3) is 21.7 Å². The Balaban J connectivity index is 1.64. The van der Waals surface area contributed by atoms with Gasteiger partial charge in [0.15, 0.2) is 22.9 Å². The monoisotopic (exact) mass is 460 g/mol. The molecule has 0 unspecified atom stereocenters. The molecule has 1 fully saturated rings. The Morgan fingerprint density at radius 3 is 2.55 bits per heavy atom. The normalized spacial score (nSPS) is 26.6. The first kappa shape index (κ1) is 21.6. The molecule has 33 heavy (non-hydrogen) atoms. The zero-order valence-corrected chi connectivity index (χ0v) is 17.3. The van der Waals surface area contributed by atoms with E-state index in [1.807, 2.05) is 0 Å². The van der Waals surface area contributed by atoms with Gasteiger partial charge in [-0.15, -0.1) is 0 Å². The van der Waals surface area contributed by atoms with Crippen LogP contribution < -0.4 is 19.8 Å². The standard InChI is InChI=1S/C22H20O11/c1-8(24)14-11(31-22-18(27)17(26)16(25)13(6-23)32-22)4-3-10-9-2-5-12-20(30-7-29-12)15(9)21(28)33-19(10)14/h2-5,13,16-18,22-23,25-27H,6-7H2,1H3/t13-,16-,17+,18-,22-/m1/s1. The van der Waals surface area contributed by atoms with Crippen LogP contribution in [0.15, 0.2) is 33.5 Å². The number of Topliss-reactive ketones (excluding diaryl/α,β-unsaturated/α-hetero) is 1. The molecule has 4 N–H and O–H groups in total. The molecule has 2 aliphatic rings. The lowest BCUT2D eigenvalue weighted by Gasteiger charge is -2.39. The molecule has 0 amide bonds. The fourth-order valence-corrected chi connectivity index (χ4v) is 4.15. The average Bonchev–Trinajstić information content (AvgIpc) is 3.27. The smallest absolute Gasteiger partial charge is 0.348 e. The molecule has 0 bridgehead atoms. The van der Waals surface area contributed by atoms with Gasteiger partial charge in [0, 0.05) is 10.8 Å². The van der Waals surface area contributed by atoms with Crippen LogP contribution in [-0.4, -0.2) is 70.3 Å². The molecule has 0 spiro atoms. The fourth-order valence-electron chi connectivity index (χ4n) is 4.15. The molecule has 174 valence electrons. The lowest BCUT2D eigenvalue weighted by atomic mass is 9.99. The minimum atomic E-state index is -1.68. The molecule has 5 atom stereocenters. The van der Waals surface area contributed by atoms with Gasteiger partial charge in [0.25, 0.3) is 0 Å². The van der Waals surface area contributed by atoms with Gasteiger partial charge in [-0.3, -0.25) is 4.79 Å². The predicted octanol–water partition coefficient (Wildman–Crippen LogP) is 0.0562. The number of aliphatic hydroxyl groups is 4. The Kier molecular flexibility index (Phi) is 5.22. The molecular weight excluding hydrogens is 440 g/mol. The molecule has 11 heteroatoms. The van der Waals surface area contributed by atoms with Crippen molar-refractivity contribution in [2.75, 3.05) is 13.4 Å². The third kappa shape index (κ3) is 3.33. The number of hydrogen-bond acceptors (Lipinski definition) is 11. The van der Waals surface area contributed by atoms with Crippen LogP contribution in [-0.2, 0) is 4.74 Å². The minimum absolute atomic E-state index is 0.0313. The average molecular weight is 460 g/mol. The third-order valence-electron chi connectivity index (χ3n) is 5.79. The molecule has 0 radical (unpaired) electrons. The van der Waals surface area contributed by atoms with Gasteiger partial charge in [-0.25, -0.2) is 4.79 Å². The Morgan fingerprint density at radius 2 is 1.82 bits per heavy atom. The van der Waals surface area contributed by atoms with Crippen molar-refractivity contribution in [3.63, 3.8) is 0 Å². The second kappa shape index (κ2) is 7.97. The second-order valence-corrected chi connectivity index (χ2v) is 7.80. The van der Waals surface area contributed by atoms with Crippen LogP contribution in [0.1, 0.15) is 17.3 Å². The van der Waals surface area contributed by atoms with Crippen LogP contribution >= 0.6 is 0 Å². The molecule has 2 aromatic carbocycles. The van der Waals surface area contributed by atoms with Crippen molar-refractivity contribution in [2.45, 2.75) is 37.6 Å². The zero-order valence-electron chi connectivity index (χ0n) is 17.3. The summed E-state index contributed by atoms with van der Waals surface area (Å²) < 4.78 is 27.3. The van der Waals surface area contributed by atoms with Crippen LogP contribution in [0, 0.1) is 0 Å². The maximum absolute atomic E-state index is 12.8. The molecule has 1 saturated heterocycles. The summed E-state index contributed by atoms with van der Waals surface area (Å²) >= 11 is 0. The maximum atomic E-state index is 12.8. The largest absolute Gasteiger partial charge is 0.461 e. The molecule has 0 saturated carbocycles. The minimum Gasteiger partial charge on any atom is -0.461 e. The highest BCUT2D eigenvalue weighted by Crippen LogP contribution is 2.41. The van der Waals surface area contributed by atoms with E-state index >= 15 is 0 Å². The number of ether oxygens (including phenoxy) is 4. The van der Waals surface area contributed by atoms with Crippen molar-refractivity contribution in [3.05, 3.63) is 40.2 Å². The van der Waals surface area contributed by atoms with Crippen molar-refractivity contribution >= 4 is 27.5 Å². The zero-order chi connectivity index (χ0) is 23.4. The quantitative estimate of drug-likeness (QED) is 0.236. The van der Waals surface area contributed by atoms with Crippen LogP contribution in [0.3, 0.4) is 0 Å². The van der Waals surface area contributed by atoms with Gasteiger partial charge in [0.2, 0.25) is 13.1 Å². The van der Waals surface area contributed by atoms with E-state index in [4.69, 9.17) is 23.4 Å². The second-order valence-electron chi connectivity index (χ2n) is 7.80. The van der Waals surface area contributed by atoms with Gasteiger partial charge >= 0.3 is 5.63 Å². The van der Waals surface area contributed by atoms with E-state index in [0.717, 1.165) is 0 Å². The summed E-state index contributed by atoms with van der Waals surface area (Å²) in [6.07, 6.45) is -7.61. The summed E-state index contributed by atoms with van der Waals surface area (Å²) in [5.41, 5.74) is -0.866. The molecule has 3 aromatic rings.